The van der Waals surface area contributed by atoms with Crippen LogP contribution in [0.2, 0.25) is 0 Å². The van der Waals surface area contributed by atoms with E-state index in [1.165, 1.54) is 17.5 Å². The van der Waals surface area contributed by atoms with Crippen molar-refractivity contribution in [2.45, 2.75) is 19.4 Å². The number of benzene rings is 2. The molecule has 144 valence electrons. The third kappa shape index (κ3) is 3.43. The van der Waals surface area contributed by atoms with Crippen LogP contribution < -0.4 is 9.80 Å². The van der Waals surface area contributed by atoms with E-state index in [9.17, 15) is 14.4 Å². The second-order valence-corrected chi connectivity index (χ2v) is 7.25. The molecule has 2 saturated heterocycles. The number of ketones is 1. The molecule has 2 heterocycles. The Hall–Kier alpha value is -2.99. The zero-order valence-corrected chi connectivity index (χ0v) is 15.9. The topological polar surface area (TPSA) is 60.9 Å². The van der Waals surface area contributed by atoms with Gasteiger partial charge in [0, 0.05) is 37.4 Å². The minimum Gasteiger partial charge on any atom is -0.369 e. The first kappa shape index (κ1) is 18.4. The van der Waals surface area contributed by atoms with Crippen molar-refractivity contribution in [2.24, 2.45) is 0 Å². The lowest BCUT2D eigenvalue weighted by Crippen LogP contribution is -2.52. The van der Waals surface area contributed by atoms with Crippen molar-refractivity contribution in [3.63, 3.8) is 0 Å². The van der Waals surface area contributed by atoms with E-state index >= 15 is 0 Å². The Morgan fingerprint density at radius 1 is 0.857 bits per heavy atom. The van der Waals surface area contributed by atoms with Crippen molar-refractivity contribution in [2.75, 3.05) is 36.0 Å². The Balaban J connectivity index is 1.44. The number of amides is 2. The van der Waals surface area contributed by atoms with Gasteiger partial charge in [0.25, 0.3) is 5.91 Å². The van der Waals surface area contributed by atoms with Crippen LogP contribution in [0.3, 0.4) is 0 Å². The van der Waals surface area contributed by atoms with Gasteiger partial charge in [-0.3, -0.25) is 19.3 Å². The number of imide groups is 1. The number of hydrogen-bond donors (Lipinski definition) is 0. The first-order chi connectivity index (χ1) is 13.5. The largest absolute Gasteiger partial charge is 0.369 e. The van der Waals surface area contributed by atoms with Crippen molar-refractivity contribution < 1.29 is 14.4 Å². The number of rotatable bonds is 4. The van der Waals surface area contributed by atoms with Crippen LogP contribution in [-0.4, -0.2) is 54.7 Å². The highest BCUT2D eigenvalue weighted by Gasteiger charge is 2.43. The number of carbonyl (C=O) groups excluding carboxylic acids is 3. The lowest BCUT2D eigenvalue weighted by molar-refractivity contribution is -0.123. The van der Waals surface area contributed by atoms with E-state index in [1.807, 2.05) is 18.2 Å². The number of nitrogens with zero attached hydrogens (tertiary/aromatic N) is 3. The molecular weight excluding hydrogens is 354 g/mol. The van der Waals surface area contributed by atoms with Crippen molar-refractivity contribution in [1.29, 1.82) is 0 Å². The monoisotopic (exact) mass is 377 g/mol. The average molecular weight is 377 g/mol. The first-order valence-electron chi connectivity index (χ1n) is 9.56. The van der Waals surface area contributed by atoms with Crippen LogP contribution in [0.25, 0.3) is 0 Å². The van der Waals surface area contributed by atoms with Gasteiger partial charge in [-0.25, -0.2) is 4.90 Å². The Kier molecular flexibility index (Phi) is 4.96. The molecule has 2 aromatic carbocycles. The molecule has 0 bridgehead atoms. The molecule has 2 aliphatic heterocycles. The van der Waals surface area contributed by atoms with Gasteiger partial charge < -0.3 is 4.90 Å². The Labute approximate surface area is 164 Å². The fraction of sp³-hybridized carbons (Fsp3) is 0.318. The molecule has 0 aliphatic carbocycles. The minimum absolute atomic E-state index is 0.0419. The van der Waals surface area contributed by atoms with E-state index in [1.54, 1.807) is 24.3 Å². The maximum Gasteiger partial charge on any atom is 0.251 e. The quantitative estimate of drug-likeness (QED) is 0.605. The van der Waals surface area contributed by atoms with Crippen molar-refractivity contribution >= 4 is 29.0 Å². The number of carbonyl (C=O) groups is 3. The highest BCUT2D eigenvalue weighted by Crippen LogP contribution is 2.27. The molecule has 0 spiro atoms. The van der Waals surface area contributed by atoms with Gasteiger partial charge >= 0.3 is 0 Å². The summed E-state index contributed by atoms with van der Waals surface area (Å²) in [7, 11) is 0. The van der Waals surface area contributed by atoms with E-state index in [0.29, 0.717) is 11.3 Å². The molecule has 6 nitrogen and oxygen atoms in total. The number of piperazine rings is 1. The minimum atomic E-state index is -0.405. The van der Waals surface area contributed by atoms with Crippen LogP contribution >= 0.6 is 0 Å². The Morgan fingerprint density at radius 2 is 1.50 bits per heavy atom. The number of hydrogen-bond acceptors (Lipinski definition) is 5. The Morgan fingerprint density at radius 3 is 2.11 bits per heavy atom. The van der Waals surface area contributed by atoms with Gasteiger partial charge in [0.15, 0.2) is 5.78 Å². The summed E-state index contributed by atoms with van der Waals surface area (Å²) in [5.74, 6) is -0.399. The molecule has 0 saturated carbocycles. The van der Waals surface area contributed by atoms with Gasteiger partial charge in [-0.05, 0) is 43.3 Å². The predicted molar refractivity (Wildman–Crippen MR) is 108 cm³/mol. The third-order valence-corrected chi connectivity index (χ3v) is 5.53. The van der Waals surface area contributed by atoms with Crippen molar-refractivity contribution in [3.8, 4) is 0 Å². The SMILES string of the molecule is CC(=O)c1ccc(N2C(=O)CC(N3CCN(c4ccccc4)CC3)C2=O)cc1. The fourth-order valence-corrected chi connectivity index (χ4v) is 3.95. The summed E-state index contributed by atoms with van der Waals surface area (Å²) in [4.78, 5) is 42.6. The van der Waals surface area contributed by atoms with Crippen LogP contribution in [0.1, 0.15) is 23.7 Å². The van der Waals surface area contributed by atoms with Crippen LogP contribution in [0.4, 0.5) is 11.4 Å². The second kappa shape index (κ2) is 7.56. The smallest absolute Gasteiger partial charge is 0.251 e. The fourth-order valence-electron chi connectivity index (χ4n) is 3.95. The van der Waals surface area contributed by atoms with Crippen molar-refractivity contribution in [1.82, 2.24) is 4.90 Å². The summed E-state index contributed by atoms with van der Waals surface area (Å²) in [6.07, 6.45) is 0.207. The maximum absolute atomic E-state index is 13.0. The van der Waals surface area contributed by atoms with Gasteiger partial charge in [0.2, 0.25) is 5.91 Å². The van der Waals surface area contributed by atoms with Gasteiger partial charge in [0.05, 0.1) is 18.2 Å². The molecule has 2 amide bonds. The molecule has 1 unspecified atom stereocenters. The summed E-state index contributed by atoms with van der Waals surface area (Å²) in [5, 5.41) is 0. The highest BCUT2D eigenvalue weighted by molar-refractivity contribution is 6.22. The molecular formula is C22H23N3O3. The standard InChI is InChI=1S/C22H23N3O3/c1-16(26)17-7-9-19(10-8-17)25-21(27)15-20(22(25)28)24-13-11-23(12-14-24)18-5-3-2-4-6-18/h2-10,20H,11-15H2,1H3. The van der Waals surface area contributed by atoms with Gasteiger partial charge in [0.1, 0.15) is 0 Å². The summed E-state index contributed by atoms with van der Waals surface area (Å²) < 4.78 is 0. The lowest BCUT2D eigenvalue weighted by atomic mass is 10.1. The summed E-state index contributed by atoms with van der Waals surface area (Å²) in [5.41, 5.74) is 2.28. The third-order valence-electron chi connectivity index (χ3n) is 5.53. The average Bonchev–Trinajstić information content (AvgIpc) is 3.03. The summed E-state index contributed by atoms with van der Waals surface area (Å²) in [6.45, 7) is 4.64. The maximum atomic E-state index is 13.0. The molecule has 0 N–H and O–H groups in total. The molecule has 2 fully saturated rings. The molecule has 6 heteroatoms. The molecule has 0 radical (unpaired) electrons. The molecule has 2 aromatic rings. The highest BCUT2D eigenvalue weighted by atomic mass is 16.2. The van der Waals surface area contributed by atoms with Gasteiger partial charge in [-0.15, -0.1) is 0 Å². The first-order valence-corrected chi connectivity index (χ1v) is 9.56. The molecule has 28 heavy (non-hydrogen) atoms. The zero-order chi connectivity index (χ0) is 19.7. The van der Waals surface area contributed by atoms with Crippen LogP contribution in [-0.2, 0) is 9.59 Å². The molecule has 2 aliphatic rings. The lowest BCUT2D eigenvalue weighted by Gasteiger charge is -2.38. The van der Waals surface area contributed by atoms with Crippen molar-refractivity contribution in [3.05, 3.63) is 60.2 Å². The van der Waals surface area contributed by atoms with Crippen LogP contribution in [0, 0.1) is 0 Å². The van der Waals surface area contributed by atoms with E-state index in [0.717, 1.165) is 26.2 Å². The van der Waals surface area contributed by atoms with E-state index < -0.39 is 6.04 Å². The summed E-state index contributed by atoms with van der Waals surface area (Å²) >= 11 is 0. The number of Topliss-reactive ketones (excluding diaryl/α,β-unsaturated/α-hetero) is 1. The second-order valence-electron chi connectivity index (χ2n) is 7.25. The molecule has 4 rings (SSSR count). The van der Waals surface area contributed by atoms with Crippen LogP contribution in [0.5, 0.6) is 0 Å². The summed E-state index contributed by atoms with van der Waals surface area (Å²) in [6, 6.07) is 16.5. The number of anilines is 2. The van der Waals surface area contributed by atoms with E-state index in [-0.39, 0.29) is 24.0 Å². The van der Waals surface area contributed by atoms with Gasteiger partial charge in [-0.1, -0.05) is 18.2 Å². The van der Waals surface area contributed by atoms with E-state index in [4.69, 9.17) is 0 Å². The number of para-hydroxylation sites is 1. The van der Waals surface area contributed by atoms with E-state index in [2.05, 4.69) is 21.9 Å². The normalized spacial score (nSPS) is 20.7. The van der Waals surface area contributed by atoms with Gasteiger partial charge in [-0.2, -0.15) is 0 Å². The molecule has 1 atom stereocenters. The zero-order valence-electron chi connectivity index (χ0n) is 15.9. The van der Waals surface area contributed by atoms with Crippen LogP contribution in [0.15, 0.2) is 54.6 Å². The Bertz CT molecular complexity index is 887. The molecule has 0 aromatic heterocycles. The predicted octanol–water partition coefficient (Wildman–Crippen LogP) is 2.34.